The second-order valence-electron chi connectivity index (χ2n) is 4.34. The van der Waals surface area contributed by atoms with E-state index in [9.17, 15) is 4.79 Å². The van der Waals surface area contributed by atoms with Crippen molar-refractivity contribution in [3.05, 3.63) is 18.0 Å². The molecule has 0 saturated heterocycles. The highest BCUT2D eigenvalue weighted by Crippen LogP contribution is 2.12. The van der Waals surface area contributed by atoms with Crippen LogP contribution in [0.3, 0.4) is 0 Å². The fourth-order valence-corrected chi connectivity index (χ4v) is 1.82. The van der Waals surface area contributed by atoms with E-state index in [1.54, 1.807) is 0 Å². The first-order valence-electron chi connectivity index (χ1n) is 6.50. The van der Waals surface area contributed by atoms with Crippen molar-refractivity contribution in [2.45, 2.75) is 52.0 Å². The van der Waals surface area contributed by atoms with E-state index in [0.717, 1.165) is 32.1 Å². The van der Waals surface area contributed by atoms with Crippen molar-refractivity contribution < 1.29 is 9.90 Å². The maximum absolute atomic E-state index is 10.8. The third-order valence-corrected chi connectivity index (χ3v) is 2.75. The molecule has 100 valence electrons. The van der Waals surface area contributed by atoms with Crippen molar-refractivity contribution in [2.24, 2.45) is 0 Å². The normalized spacial score (nSPS) is 12.1. The Kier molecular flexibility index (Phi) is 6.11. The van der Waals surface area contributed by atoms with E-state index in [-0.39, 0.29) is 5.69 Å². The zero-order valence-corrected chi connectivity index (χ0v) is 11.0. The first-order chi connectivity index (χ1) is 8.67. The van der Waals surface area contributed by atoms with E-state index >= 15 is 0 Å². The van der Waals surface area contributed by atoms with Gasteiger partial charge in [-0.15, -0.1) is 0 Å². The molecule has 0 fully saturated rings. The summed E-state index contributed by atoms with van der Waals surface area (Å²) in [4.78, 5) is 18.9. The molecule has 2 N–H and O–H groups in total. The number of carbonyl (C=O) groups is 1. The lowest BCUT2D eigenvalue weighted by molar-refractivity contribution is 0.0690. The van der Waals surface area contributed by atoms with Gasteiger partial charge in [-0.2, -0.15) is 0 Å². The van der Waals surface area contributed by atoms with E-state index in [2.05, 4.69) is 29.1 Å². The maximum Gasteiger partial charge on any atom is 0.354 e. The van der Waals surface area contributed by atoms with Crippen molar-refractivity contribution in [1.82, 2.24) is 9.97 Å². The molecule has 0 aliphatic carbocycles. The quantitative estimate of drug-likeness (QED) is 0.743. The molecule has 1 heterocycles. The van der Waals surface area contributed by atoms with Gasteiger partial charge in [-0.3, -0.25) is 0 Å². The fraction of sp³-hybridized carbons (Fsp3) is 0.615. The predicted molar refractivity (Wildman–Crippen MR) is 70.8 cm³/mol. The number of aromatic carboxylic acids is 1. The number of carboxylic acid groups (broad SMARTS) is 1. The van der Waals surface area contributed by atoms with Crippen LogP contribution in [0.5, 0.6) is 0 Å². The third kappa shape index (κ3) is 4.69. The maximum atomic E-state index is 10.8. The van der Waals surface area contributed by atoms with E-state index in [0.29, 0.717) is 12.0 Å². The summed E-state index contributed by atoms with van der Waals surface area (Å²) < 4.78 is 0. The van der Waals surface area contributed by atoms with Crippen molar-refractivity contribution in [3.63, 3.8) is 0 Å². The van der Waals surface area contributed by atoms with Gasteiger partial charge in [0.05, 0.1) is 0 Å². The molecule has 1 rings (SSSR count). The number of nitrogens with zero attached hydrogens (tertiary/aromatic N) is 2. The number of rotatable bonds is 8. The zero-order valence-electron chi connectivity index (χ0n) is 11.0. The van der Waals surface area contributed by atoms with Crippen LogP contribution in [0.4, 0.5) is 5.95 Å². The Morgan fingerprint density at radius 3 is 2.78 bits per heavy atom. The highest BCUT2D eigenvalue weighted by molar-refractivity contribution is 5.85. The smallest absolute Gasteiger partial charge is 0.354 e. The third-order valence-electron chi connectivity index (χ3n) is 2.75. The summed E-state index contributed by atoms with van der Waals surface area (Å²) in [5, 5.41) is 12.1. The van der Waals surface area contributed by atoms with E-state index in [4.69, 9.17) is 5.11 Å². The number of hydrogen-bond donors (Lipinski definition) is 2. The summed E-state index contributed by atoms with van der Waals surface area (Å²) in [6, 6.07) is 1.72. The molecule has 0 spiro atoms. The van der Waals surface area contributed by atoms with Crippen LogP contribution in [0.15, 0.2) is 12.3 Å². The average molecular weight is 251 g/mol. The standard InChI is InChI=1S/C13H21N3O2/c1-3-5-7-10(6-4-2)15-13-14-9-8-11(16-13)12(17)18/h8-10H,3-7H2,1-2H3,(H,17,18)(H,14,15,16). The molecular weight excluding hydrogens is 230 g/mol. The Hall–Kier alpha value is -1.65. The fourth-order valence-electron chi connectivity index (χ4n) is 1.82. The van der Waals surface area contributed by atoms with Gasteiger partial charge in [0, 0.05) is 12.2 Å². The van der Waals surface area contributed by atoms with Gasteiger partial charge in [0.1, 0.15) is 0 Å². The lowest BCUT2D eigenvalue weighted by atomic mass is 10.1. The lowest BCUT2D eigenvalue weighted by Gasteiger charge is -2.17. The summed E-state index contributed by atoms with van der Waals surface area (Å²) >= 11 is 0. The van der Waals surface area contributed by atoms with Crippen LogP contribution >= 0.6 is 0 Å². The van der Waals surface area contributed by atoms with Gasteiger partial charge in [-0.25, -0.2) is 14.8 Å². The molecule has 0 aliphatic heterocycles. The van der Waals surface area contributed by atoms with Crippen LogP contribution in [0.2, 0.25) is 0 Å². The van der Waals surface area contributed by atoms with Gasteiger partial charge in [0.15, 0.2) is 5.69 Å². The molecular formula is C13H21N3O2. The molecule has 5 nitrogen and oxygen atoms in total. The van der Waals surface area contributed by atoms with Crippen LogP contribution in [0, 0.1) is 0 Å². The highest BCUT2D eigenvalue weighted by atomic mass is 16.4. The summed E-state index contributed by atoms with van der Waals surface area (Å²) in [5.41, 5.74) is 0.0261. The van der Waals surface area contributed by atoms with Crippen molar-refractivity contribution in [1.29, 1.82) is 0 Å². The first kappa shape index (κ1) is 14.4. The Bertz CT molecular complexity index is 382. The van der Waals surface area contributed by atoms with E-state index in [1.807, 2.05) is 0 Å². The molecule has 18 heavy (non-hydrogen) atoms. The number of unbranched alkanes of at least 4 members (excludes halogenated alkanes) is 1. The number of aromatic nitrogens is 2. The van der Waals surface area contributed by atoms with Crippen molar-refractivity contribution in [3.8, 4) is 0 Å². The molecule has 1 aromatic heterocycles. The summed E-state index contributed by atoms with van der Waals surface area (Å²) in [6.45, 7) is 4.29. The Balaban J connectivity index is 2.67. The Morgan fingerprint density at radius 2 is 2.17 bits per heavy atom. The Morgan fingerprint density at radius 1 is 1.39 bits per heavy atom. The molecule has 0 amide bonds. The number of hydrogen-bond acceptors (Lipinski definition) is 4. The second-order valence-corrected chi connectivity index (χ2v) is 4.34. The topological polar surface area (TPSA) is 75.1 Å². The minimum atomic E-state index is -1.03. The van der Waals surface area contributed by atoms with Gasteiger partial charge >= 0.3 is 5.97 Å². The minimum Gasteiger partial charge on any atom is -0.477 e. The van der Waals surface area contributed by atoms with Gasteiger partial charge in [-0.1, -0.05) is 33.1 Å². The second kappa shape index (κ2) is 7.63. The van der Waals surface area contributed by atoms with Gasteiger partial charge in [-0.05, 0) is 18.9 Å². The number of anilines is 1. The van der Waals surface area contributed by atoms with Crippen LogP contribution in [0.25, 0.3) is 0 Å². The SMILES string of the molecule is CCCCC(CCC)Nc1nccc(C(=O)O)n1. The number of nitrogens with one attached hydrogen (secondary N) is 1. The zero-order chi connectivity index (χ0) is 13.4. The van der Waals surface area contributed by atoms with E-state index < -0.39 is 5.97 Å². The van der Waals surface area contributed by atoms with Gasteiger partial charge < -0.3 is 10.4 Å². The highest BCUT2D eigenvalue weighted by Gasteiger charge is 2.11. The predicted octanol–water partition coefficient (Wildman–Crippen LogP) is 2.95. The van der Waals surface area contributed by atoms with Crippen LogP contribution in [-0.4, -0.2) is 27.1 Å². The Labute approximate surface area is 108 Å². The molecule has 0 saturated carbocycles. The summed E-state index contributed by atoms with van der Waals surface area (Å²) in [6.07, 6.45) is 6.96. The molecule has 1 aromatic rings. The first-order valence-corrected chi connectivity index (χ1v) is 6.50. The molecule has 1 atom stereocenters. The van der Waals surface area contributed by atoms with E-state index in [1.165, 1.54) is 12.3 Å². The van der Waals surface area contributed by atoms with Crippen LogP contribution in [0.1, 0.15) is 56.4 Å². The number of carboxylic acids is 1. The molecule has 1 unspecified atom stereocenters. The molecule has 0 radical (unpaired) electrons. The minimum absolute atomic E-state index is 0.0261. The average Bonchev–Trinajstić information content (AvgIpc) is 2.36. The molecule has 0 aliphatic rings. The largest absolute Gasteiger partial charge is 0.477 e. The summed E-state index contributed by atoms with van der Waals surface area (Å²) in [7, 11) is 0. The van der Waals surface area contributed by atoms with Gasteiger partial charge in [0.2, 0.25) is 5.95 Å². The summed E-state index contributed by atoms with van der Waals surface area (Å²) in [5.74, 6) is -0.620. The monoisotopic (exact) mass is 251 g/mol. The lowest BCUT2D eigenvalue weighted by Crippen LogP contribution is -2.21. The van der Waals surface area contributed by atoms with Crippen LogP contribution in [-0.2, 0) is 0 Å². The van der Waals surface area contributed by atoms with Crippen LogP contribution < -0.4 is 5.32 Å². The van der Waals surface area contributed by atoms with Crippen molar-refractivity contribution >= 4 is 11.9 Å². The van der Waals surface area contributed by atoms with Crippen molar-refractivity contribution in [2.75, 3.05) is 5.32 Å². The molecule has 0 aromatic carbocycles. The van der Waals surface area contributed by atoms with Gasteiger partial charge in [0.25, 0.3) is 0 Å². The molecule has 5 heteroatoms. The molecule has 0 bridgehead atoms.